The zero-order chi connectivity index (χ0) is 11.4. The van der Waals surface area contributed by atoms with Crippen molar-refractivity contribution in [2.45, 2.75) is 6.92 Å². The first-order valence-electron chi connectivity index (χ1n) is 4.48. The van der Waals surface area contributed by atoms with E-state index in [0.29, 0.717) is 0 Å². The van der Waals surface area contributed by atoms with Crippen LogP contribution >= 0.6 is 0 Å². The number of aliphatic carboxylic acids is 1. The third kappa shape index (κ3) is 2.34. The fourth-order valence-electron chi connectivity index (χ4n) is 1.41. The Kier molecular flexibility index (Phi) is 3.44. The summed E-state index contributed by atoms with van der Waals surface area (Å²) >= 11 is 0. The Morgan fingerprint density at radius 2 is 2.07 bits per heavy atom. The van der Waals surface area contributed by atoms with Crippen LogP contribution < -0.4 is 0 Å². The van der Waals surface area contributed by atoms with Gasteiger partial charge in [-0.05, 0) is 6.08 Å². The Bertz CT molecular complexity index is 374. The number of allylic oxidation sites excluding steroid dienone is 3. The molecule has 80 valence electrons. The van der Waals surface area contributed by atoms with Crippen molar-refractivity contribution in [3.8, 4) is 0 Å². The molecule has 4 heteroatoms. The number of rotatable bonds is 2. The first-order valence-corrected chi connectivity index (χ1v) is 4.48. The van der Waals surface area contributed by atoms with Gasteiger partial charge < -0.3 is 9.84 Å². The van der Waals surface area contributed by atoms with Crippen LogP contribution in [0.5, 0.6) is 0 Å². The van der Waals surface area contributed by atoms with Gasteiger partial charge in [-0.25, -0.2) is 9.59 Å². The largest absolute Gasteiger partial charge is 0.478 e. The maximum absolute atomic E-state index is 11.4. The van der Waals surface area contributed by atoms with Crippen molar-refractivity contribution in [2.24, 2.45) is 5.92 Å². The van der Waals surface area contributed by atoms with Gasteiger partial charge >= 0.3 is 11.9 Å². The number of hydrogen-bond acceptors (Lipinski definition) is 3. The normalized spacial score (nSPS) is 20.0. The highest BCUT2D eigenvalue weighted by molar-refractivity contribution is 6.02. The van der Waals surface area contributed by atoms with Gasteiger partial charge in [0.1, 0.15) is 0 Å². The Morgan fingerprint density at radius 1 is 1.40 bits per heavy atom. The van der Waals surface area contributed by atoms with E-state index in [1.165, 1.54) is 13.2 Å². The van der Waals surface area contributed by atoms with E-state index in [1.807, 2.05) is 0 Å². The van der Waals surface area contributed by atoms with E-state index in [0.717, 1.165) is 0 Å². The molecule has 1 aliphatic rings. The lowest BCUT2D eigenvalue weighted by atomic mass is 9.96. The minimum Gasteiger partial charge on any atom is -0.478 e. The molecule has 0 aliphatic heterocycles. The topological polar surface area (TPSA) is 63.6 Å². The number of hydrogen-bond donors (Lipinski definition) is 1. The summed E-state index contributed by atoms with van der Waals surface area (Å²) in [7, 11) is 1.23. The Labute approximate surface area is 87.5 Å². The van der Waals surface area contributed by atoms with E-state index in [-0.39, 0.29) is 17.1 Å². The summed E-state index contributed by atoms with van der Waals surface area (Å²) < 4.78 is 4.53. The minimum atomic E-state index is -1.10. The molecule has 1 atom stereocenters. The predicted molar refractivity (Wildman–Crippen MR) is 54.1 cm³/mol. The van der Waals surface area contributed by atoms with Gasteiger partial charge in [-0.1, -0.05) is 25.2 Å². The van der Waals surface area contributed by atoms with Gasteiger partial charge in [0.15, 0.2) is 0 Å². The summed E-state index contributed by atoms with van der Waals surface area (Å²) in [5.41, 5.74) is 0.161. The van der Waals surface area contributed by atoms with Crippen molar-refractivity contribution >= 4 is 11.9 Å². The summed E-state index contributed by atoms with van der Waals surface area (Å²) in [5, 5.41) is 9.02. The molecule has 4 nitrogen and oxygen atoms in total. The molecule has 0 saturated heterocycles. The molecule has 0 aromatic rings. The monoisotopic (exact) mass is 208 g/mol. The fourth-order valence-corrected chi connectivity index (χ4v) is 1.41. The zero-order valence-electron chi connectivity index (χ0n) is 8.56. The van der Waals surface area contributed by atoms with E-state index in [9.17, 15) is 9.59 Å². The molecule has 1 N–H and O–H groups in total. The number of esters is 1. The van der Waals surface area contributed by atoms with E-state index in [1.54, 1.807) is 25.2 Å². The molecule has 0 aromatic carbocycles. The van der Waals surface area contributed by atoms with Crippen molar-refractivity contribution in [3.63, 3.8) is 0 Å². The van der Waals surface area contributed by atoms with Gasteiger partial charge in [0.25, 0.3) is 0 Å². The van der Waals surface area contributed by atoms with Crippen LogP contribution in [0.2, 0.25) is 0 Å². The highest BCUT2D eigenvalue weighted by Crippen LogP contribution is 2.21. The molecular weight excluding hydrogens is 196 g/mol. The standard InChI is InChI=1S/C11H12O4/c1-7-5-3-4-6-8(11(14)15-2)9(7)10(12)13/h3-7H,1-2H3,(H,12,13). The van der Waals surface area contributed by atoms with E-state index >= 15 is 0 Å². The molecule has 0 aromatic heterocycles. The number of carboxylic acid groups (broad SMARTS) is 1. The van der Waals surface area contributed by atoms with E-state index in [4.69, 9.17) is 5.11 Å². The summed E-state index contributed by atoms with van der Waals surface area (Å²) in [6, 6.07) is 0. The van der Waals surface area contributed by atoms with Gasteiger partial charge in [-0.2, -0.15) is 0 Å². The third-order valence-electron chi connectivity index (χ3n) is 2.16. The summed E-state index contributed by atoms with van der Waals surface area (Å²) in [6.07, 6.45) is 6.51. The van der Waals surface area contributed by atoms with Gasteiger partial charge in [-0.3, -0.25) is 0 Å². The summed E-state index contributed by atoms with van der Waals surface area (Å²) in [4.78, 5) is 22.4. The third-order valence-corrected chi connectivity index (χ3v) is 2.16. The Morgan fingerprint density at radius 3 is 2.60 bits per heavy atom. The first-order chi connectivity index (χ1) is 7.07. The van der Waals surface area contributed by atoms with Gasteiger partial charge in [0.05, 0.1) is 18.3 Å². The molecule has 15 heavy (non-hydrogen) atoms. The number of ether oxygens (including phenoxy) is 1. The minimum absolute atomic E-state index is 0.0619. The van der Waals surface area contributed by atoms with Crippen molar-refractivity contribution in [3.05, 3.63) is 35.5 Å². The lowest BCUT2D eigenvalue weighted by Gasteiger charge is -2.09. The molecule has 0 fully saturated rings. The first kappa shape index (κ1) is 11.2. The van der Waals surface area contributed by atoms with Crippen LogP contribution in [0.15, 0.2) is 35.5 Å². The van der Waals surface area contributed by atoms with Crippen LogP contribution in [-0.4, -0.2) is 24.2 Å². The molecule has 1 unspecified atom stereocenters. The van der Waals surface area contributed by atoms with Crippen LogP contribution in [0.4, 0.5) is 0 Å². The van der Waals surface area contributed by atoms with Crippen LogP contribution in [-0.2, 0) is 14.3 Å². The summed E-state index contributed by atoms with van der Waals surface area (Å²) in [5.74, 6) is -2.04. The lowest BCUT2D eigenvalue weighted by molar-refractivity contribution is -0.137. The van der Waals surface area contributed by atoms with Crippen molar-refractivity contribution in [1.29, 1.82) is 0 Å². The van der Waals surface area contributed by atoms with Crippen LogP contribution in [0.1, 0.15) is 6.92 Å². The Balaban J connectivity index is 3.28. The van der Waals surface area contributed by atoms with Gasteiger partial charge in [0, 0.05) is 5.92 Å². The predicted octanol–water partition coefficient (Wildman–Crippen LogP) is 1.30. The van der Waals surface area contributed by atoms with E-state index < -0.39 is 11.9 Å². The molecule has 0 radical (unpaired) electrons. The lowest BCUT2D eigenvalue weighted by Crippen LogP contribution is -2.15. The molecule has 0 saturated carbocycles. The van der Waals surface area contributed by atoms with Crippen molar-refractivity contribution in [1.82, 2.24) is 0 Å². The van der Waals surface area contributed by atoms with Crippen molar-refractivity contribution in [2.75, 3.05) is 7.11 Å². The van der Waals surface area contributed by atoms with Gasteiger partial charge in [-0.15, -0.1) is 0 Å². The maximum Gasteiger partial charge on any atom is 0.338 e. The highest BCUT2D eigenvalue weighted by Gasteiger charge is 2.23. The van der Waals surface area contributed by atoms with Crippen LogP contribution in [0, 0.1) is 5.92 Å². The number of carbonyl (C=O) groups excluding carboxylic acids is 1. The number of carboxylic acids is 1. The molecule has 1 aliphatic carbocycles. The van der Waals surface area contributed by atoms with Crippen LogP contribution in [0.25, 0.3) is 0 Å². The molecule has 1 rings (SSSR count). The number of methoxy groups -OCH3 is 1. The maximum atomic E-state index is 11.4. The quantitative estimate of drug-likeness (QED) is 0.695. The number of carbonyl (C=O) groups is 2. The second-order valence-electron chi connectivity index (χ2n) is 3.16. The zero-order valence-corrected chi connectivity index (χ0v) is 8.56. The smallest absolute Gasteiger partial charge is 0.338 e. The van der Waals surface area contributed by atoms with Crippen molar-refractivity contribution < 1.29 is 19.4 Å². The summed E-state index contributed by atoms with van der Waals surface area (Å²) in [6.45, 7) is 1.72. The molecule has 0 amide bonds. The fraction of sp³-hybridized carbons (Fsp3) is 0.273. The average molecular weight is 208 g/mol. The van der Waals surface area contributed by atoms with Crippen LogP contribution in [0.3, 0.4) is 0 Å². The second kappa shape index (κ2) is 4.59. The molecule has 0 heterocycles. The molecule has 0 bridgehead atoms. The van der Waals surface area contributed by atoms with Gasteiger partial charge in [0.2, 0.25) is 0 Å². The van der Waals surface area contributed by atoms with E-state index in [2.05, 4.69) is 4.74 Å². The second-order valence-corrected chi connectivity index (χ2v) is 3.16. The SMILES string of the molecule is COC(=O)C1=C(C(=O)O)C(C)C=CC=C1. The Hall–Kier alpha value is -1.84. The molecular formula is C11H12O4. The highest BCUT2D eigenvalue weighted by atomic mass is 16.5. The average Bonchev–Trinajstić information content (AvgIpc) is 2.38. The molecule has 0 spiro atoms.